The molecule has 2 rings (SSSR count). The van der Waals surface area contributed by atoms with Gasteiger partial charge in [-0.05, 0) is 54.3 Å². The number of amides is 1. The summed E-state index contributed by atoms with van der Waals surface area (Å²) in [6, 6.07) is 15.2. The Morgan fingerprint density at radius 3 is 2.44 bits per heavy atom. The van der Waals surface area contributed by atoms with Crippen LogP contribution in [-0.4, -0.2) is 25.3 Å². The number of hydrogen-bond donors (Lipinski definition) is 1. The molecule has 0 saturated heterocycles. The van der Waals surface area contributed by atoms with E-state index in [0.29, 0.717) is 11.6 Å². The molecule has 0 atom stereocenters. The van der Waals surface area contributed by atoms with Gasteiger partial charge in [0, 0.05) is 0 Å². The van der Waals surface area contributed by atoms with Crippen molar-refractivity contribution >= 4 is 11.6 Å². The fourth-order valence-corrected chi connectivity index (χ4v) is 2.31. The van der Waals surface area contributed by atoms with E-state index >= 15 is 0 Å². The Balaban J connectivity index is 1.91. The van der Waals surface area contributed by atoms with Gasteiger partial charge >= 0.3 is 0 Å². The molecule has 0 heterocycles. The lowest BCUT2D eigenvalue weighted by molar-refractivity contribution is -0.123. The molecule has 5 heteroatoms. The summed E-state index contributed by atoms with van der Waals surface area (Å²) in [7, 11) is 1.62. The SMILES string of the molecule is COc1ccc(/C(C)=N/NC(=O)COc2ccccc2C(C)C)cc1. The molecule has 0 fully saturated rings. The normalized spacial score (nSPS) is 11.3. The summed E-state index contributed by atoms with van der Waals surface area (Å²) in [5, 5.41) is 4.12. The van der Waals surface area contributed by atoms with E-state index in [0.717, 1.165) is 22.6 Å². The molecule has 0 radical (unpaired) electrons. The molecule has 5 nitrogen and oxygen atoms in total. The van der Waals surface area contributed by atoms with Crippen molar-refractivity contribution < 1.29 is 14.3 Å². The van der Waals surface area contributed by atoms with Gasteiger partial charge in [0.1, 0.15) is 11.5 Å². The van der Waals surface area contributed by atoms with Crippen LogP contribution < -0.4 is 14.9 Å². The highest BCUT2D eigenvalue weighted by Gasteiger charge is 2.09. The first-order chi connectivity index (χ1) is 12.0. The summed E-state index contributed by atoms with van der Waals surface area (Å²) < 4.78 is 10.8. The molecule has 2 aromatic carbocycles. The van der Waals surface area contributed by atoms with Crippen molar-refractivity contribution in [1.82, 2.24) is 5.43 Å². The van der Waals surface area contributed by atoms with E-state index in [1.807, 2.05) is 55.5 Å². The van der Waals surface area contributed by atoms with E-state index in [9.17, 15) is 4.79 Å². The van der Waals surface area contributed by atoms with Crippen molar-refractivity contribution in [2.24, 2.45) is 5.10 Å². The molecule has 0 bridgehead atoms. The van der Waals surface area contributed by atoms with Crippen LogP contribution in [0.1, 0.15) is 37.8 Å². The zero-order chi connectivity index (χ0) is 18.2. The predicted octanol–water partition coefficient (Wildman–Crippen LogP) is 3.74. The Labute approximate surface area is 148 Å². The molecule has 0 spiro atoms. The van der Waals surface area contributed by atoms with Gasteiger partial charge in [-0.15, -0.1) is 0 Å². The van der Waals surface area contributed by atoms with Crippen LogP contribution in [0, 0.1) is 0 Å². The van der Waals surface area contributed by atoms with Crippen LogP contribution in [0.25, 0.3) is 0 Å². The predicted molar refractivity (Wildman–Crippen MR) is 99.4 cm³/mol. The second kappa shape index (κ2) is 8.87. The lowest BCUT2D eigenvalue weighted by Gasteiger charge is -2.13. The summed E-state index contributed by atoms with van der Waals surface area (Å²) in [4.78, 5) is 12.0. The quantitative estimate of drug-likeness (QED) is 0.617. The van der Waals surface area contributed by atoms with Crippen LogP contribution >= 0.6 is 0 Å². The van der Waals surface area contributed by atoms with Gasteiger partial charge in [0.25, 0.3) is 5.91 Å². The smallest absolute Gasteiger partial charge is 0.277 e. The molecule has 0 aromatic heterocycles. The van der Waals surface area contributed by atoms with E-state index in [1.54, 1.807) is 7.11 Å². The number of rotatable bonds is 7. The molecule has 0 saturated carbocycles. The van der Waals surface area contributed by atoms with E-state index in [2.05, 4.69) is 24.4 Å². The standard InChI is InChI=1S/C20H24N2O3/c1-14(2)18-7-5-6-8-19(18)25-13-20(23)22-21-15(3)16-9-11-17(24-4)12-10-16/h5-12,14H,13H2,1-4H3,(H,22,23)/b21-15+. The van der Waals surface area contributed by atoms with Crippen LogP contribution in [0.2, 0.25) is 0 Å². The molecule has 1 amide bonds. The fourth-order valence-electron chi connectivity index (χ4n) is 2.31. The minimum absolute atomic E-state index is 0.0802. The number of hydrogen-bond acceptors (Lipinski definition) is 4. The minimum atomic E-state index is -0.300. The number of hydrazone groups is 1. The first-order valence-electron chi connectivity index (χ1n) is 8.20. The van der Waals surface area contributed by atoms with Crippen molar-refractivity contribution in [2.45, 2.75) is 26.7 Å². The summed E-state index contributed by atoms with van der Waals surface area (Å²) in [6.45, 7) is 5.93. The van der Waals surface area contributed by atoms with E-state index in [-0.39, 0.29) is 12.5 Å². The molecule has 0 aliphatic carbocycles. The molecule has 2 aromatic rings. The van der Waals surface area contributed by atoms with Gasteiger partial charge < -0.3 is 9.47 Å². The highest BCUT2D eigenvalue weighted by atomic mass is 16.5. The zero-order valence-electron chi connectivity index (χ0n) is 15.1. The third kappa shape index (κ3) is 5.35. The average molecular weight is 340 g/mol. The monoisotopic (exact) mass is 340 g/mol. The van der Waals surface area contributed by atoms with Crippen molar-refractivity contribution in [3.8, 4) is 11.5 Å². The Kier molecular flexibility index (Phi) is 6.57. The molecular weight excluding hydrogens is 316 g/mol. The molecule has 0 aliphatic rings. The van der Waals surface area contributed by atoms with Crippen LogP contribution in [0.5, 0.6) is 11.5 Å². The van der Waals surface area contributed by atoms with Crippen molar-refractivity contribution in [3.05, 3.63) is 59.7 Å². The summed E-state index contributed by atoms with van der Waals surface area (Å²) in [5.41, 5.74) is 5.21. The number of ether oxygens (including phenoxy) is 2. The Morgan fingerprint density at radius 2 is 1.80 bits per heavy atom. The number of nitrogens with zero attached hydrogens (tertiary/aromatic N) is 1. The molecular formula is C20H24N2O3. The number of carbonyl (C=O) groups is 1. The number of methoxy groups -OCH3 is 1. The van der Waals surface area contributed by atoms with Crippen LogP contribution in [0.4, 0.5) is 0 Å². The number of para-hydroxylation sites is 1. The van der Waals surface area contributed by atoms with Gasteiger partial charge in [0.15, 0.2) is 6.61 Å². The number of benzene rings is 2. The average Bonchev–Trinajstić information content (AvgIpc) is 2.64. The van der Waals surface area contributed by atoms with Crippen molar-refractivity contribution in [3.63, 3.8) is 0 Å². The lowest BCUT2D eigenvalue weighted by Crippen LogP contribution is -2.25. The number of nitrogens with one attached hydrogen (secondary N) is 1. The molecule has 132 valence electrons. The maximum atomic E-state index is 12.0. The zero-order valence-corrected chi connectivity index (χ0v) is 15.1. The van der Waals surface area contributed by atoms with Crippen molar-refractivity contribution in [1.29, 1.82) is 0 Å². The van der Waals surface area contributed by atoms with Gasteiger partial charge in [-0.3, -0.25) is 4.79 Å². The second-order valence-corrected chi connectivity index (χ2v) is 5.94. The Morgan fingerprint density at radius 1 is 1.12 bits per heavy atom. The third-order valence-corrected chi connectivity index (χ3v) is 3.76. The molecule has 1 N–H and O–H groups in total. The third-order valence-electron chi connectivity index (χ3n) is 3.76. The first kappa shape index (κ1) is 18.5. The minimum Gasteiger partial charge on any atom is -0.497 e. The summed E-state index contributed by atoms with van der Waals surface area (Å²) in [6.07, 6.45) is 0. The maximum Gasteiger partial charge on any atom is 0.277 e. The second-order valence-electron chi connectivity index (χ2n) is 5.94. The molecule has 0 unspecified atom stereocenters. The van der Waals surface area contributed by atoms with E-state index in [4.69, 9.17) is 9.47 Å². The first-order valence-corrected chi connectivity index (χ1v) is 8.20. The van der Waals surface area contributed by atoms with Gasteiger partial charge in [-0.2, -0.15) is 5.10 Å². The lowest BCUT2D eigenvalue weighted by atomic mass is 10.0. The van der Waals surface area contributed by atoms with E-state index < -0.39 is 0 Å². The molecule has 0 aliphatic heterocycles. The van der Waals surface area contributed by atoms with Crippen LogP contribution in [0.15, 0.2) is 53.6 Å². The largest absolute Gasteiger partial charge is 0.497 e. The van der Waals surface area contributed by atoms with Crippen LogP contribution in [-0.2, 0) is 4.79 Å². The highest BCUT2D eigenvalue weighted by molar-refractivity contribution is 5.99. The number of carbonyl (C=O) groups excluding carboxylic acids is 1. The molecule has 25 heavy (non-hydrogen) atoms. The topological polar surface area (TPSA) is 59.9 Å². The van der Waals surface area contributed by atoms with Gasteiger partial charge in [0.2, 0.25) is 0 Å². The van der Waals surface area contributed by atoms with E-state index in [1.165, 1.54) is 0 Å². The Bertz CT molecular complexity index is 737. The summed E-state index contributed by atoms with van der Waals surface area (Å²) in [5.74, 6) is 1.53. The van der Waals surface area contributed by atoms with Gasteiger partial charge in [0.05, 0.1) is 12.8 Å². The maximum absolute atomic E-state index is 12.0. The van der Waals surface area contributed by atoms with Gasteiger partial charge in [-0.25, -0.2) is 5.43 Å². The Hall–Kier alpha value is -2.82. The fraction of sp³-hybridized carbons (Fsp3) is 0.300. The van der Waals surface area contributed by atoms with Gasteiger partial charge in [-0.1, -0.05) is 32.0 Å². The van der Waals surface area contributed by atoms with Crippen LogP contribution in [0.3, 0.4) is 0 Å². The highest BCUT2D eigenvalue weighted by Crippen LogP contribution is 2.25. The summed E-state index contributed by atoms with van der Waals surface area (Å²) >= 11 is 0. The van der Waals surface area contributed by atoms with Crippen molar-refractivity contribution in [2.75, 3.05) is 13.7 Å².